The van der Waals surface area contributed by atoms with Crippen LogP contribution in [0.5, 0.6) is 0 Å². The lowest BCUT2D eigenvalue weighted by Gasteiger charge is -2.09. The second-order valence-electron chi connectivity index (χ2n) is 5.21. The van der Waals surface area contributed by atoms with Gasteiger partial charge in [0, 0.05) is 17.5 Å². The van der Waals surface area contributed by atoms with Crippen molar-refractivity contribution >= 4 is 11.8 Å². The van der Waals surface area contributed by atoms with E-state index < -0.39 is 0 Å². The van der Waals surface area contributed by atoms with Gasteiger partial charge >= 0.3 is 0 Å². The van der Waals surface area contributed by atoms with Gasteiger partial charge in [0.05, 0.1) is 0 Å². The highest BCUT2D eigenvalue weighted by Crippen LogP contribution is 2.21. The van der Waals surface area contributed by atoms with E-state index in [2.05, 4.69) is 57.3 Å². The summed E-state index contributed by atoms with van der Waals surface area (Å²) in [5.74, 6) is 2.02. The number of nitrogens with one attached hydrogen (secondary N) is 1. The van der Waals surface area contributed by atoms with Crippen molar-refractivity contribution < 1.29 is 0 Å². The first kappa shape index (κ1) is 14.6. The van der Waals surface area contributed by atoms with Crippen LogP contribution in [0.1, 0.15) is 39.7 Å². The Morgan fingerprint density at radius 2 is 1.94 bits per heavy atom. The number of rotatable bonds is 7. The zero-order valence-corrected chi connectivity index (χ0v) is 12.3. The van der Waals surface area contributed by atoms with Crippen LogP contribution in [0, 0.1) is 5.92 Å². The van der Waals surface area contributed by atoms with Crippen LogP contribution in [0.3, 0.4) is 0 Å². The maximum atomic E-state index is 3.45. The lowest BCUT2D eigenvalue weighted by atomic mass is 10.2. The van der Waals surface area contributed by atoms with Gasteiger partial charge in [-0.1, -0.05) is 39.8 Å². The van der Waals surface area contributed by atoms with Gasteiger partial charge in [-0.3, -0.25) is 0 Å². The Hall–Kier alpha value is -0.470. The monoisotopic (exact) mass is 251 g/mol. The van der Waals surface area contributed by atoms with E-state index in [1.807, 2.05) is 11.8 Å². The Morgan fingerprint density at radius 3 is 2.59 bits per heavy atom. The van der Waals surface area contributed by atoms with E-state index in [0.29, 0.717) is 6.04 Å². The molecule has 17 heavy (non-hydrogen) atoms. The van der Waals surface area contributed by atoms with Crippen LogP contribution in [0.25, 0.3) is 0 Å². The number of thioether (sulfide) groups is 1. The highest BCUT2D eigenvalue weighted by Gasteiger charge is 1.99. The fraction of sp³-hybridized carbons (Fsp3) is 0.600. The van der Waals surface area contributed by atoms with Crippen molar-refractivity contribution in [2.45, 2.75) is 51.6 Å². The second-order valence-corrected chi connectivity index (χ2v) is 6.38. The Kier molecular flexibility index (Phi) is 6.68. The minimum absolute atomic E-state index is 0.548. The molecule has 0 amide bonds. The van der Waals surface area contributed by atoms with E-state index in [0.717, 1.165) is 12.5 Å². The van der Waals surface area contributed by atoms with Gasteiger partial charge in [-0.15, -0.1) is 11.8 Å². The van der Waals surface area contributed by atoms with Crippen LogP contribution < -0.4 is 5.32 Å². The normalized spacial score (nSPS) is 11.4. The molecule has 0 radical (unpaired) electrons. The minimum atomic E-state index is 0.548. The third-order valence-corrected chi connectivity index (χ3v) is 3.60. The average Bonchev–Trinajstić information content (AvgIpc) is 2.26. The van der Waals surface area contributed by atoms with E-state index >= 15 is 0 Å². The van der Waals surface area contributed by atoms with Gasteiger partial charge < -0.3 is 5.32 Å². The van der Waals surface area contributed by atoms with E-state index in [9.17, 15) is 0 Å². The Labute approximate surface area is 110 Å². The van der Waals surface area contributed by atoms with Gasteiger partial charge in [-0.05, 0) is 35.8 Å². The molecule has 0 aromatic heterocycles. The van der Waals surface area contributed by atoms with Crippen molar-refractivity contribution in [3.63, 3.8) is 0 Å². The molecule has 0 spiro atoms. The zero-order valence-electron chi connectivity index (χ0n) is 11.5. The maximum absolute atomic E-state index is 3.45. The van der Waals surface area contributed by atoms with Gasteiger partial charge in [0.1, 0.15) is 0 Å². The number of hydrogen-bond donors (Lipinski definition) is 1. The summed E-state index contributed by atoms with van der Waals surface area (Å²) in [6.45, 7) is 9.89. The Bertz CT molecular complexity index is 320. The van der Waals surface area contributed by atoms with Crippen LogP contribution in [-0.4, -0.2) is 11.8 Å². The average molecular weight is 251 g/mol. The highest BCUT2D eigenvalue weighted by molar-refractivity contribution is 7.99. The third kappa shape index (κ3) is 6.75. The van der Waals surface area contributed by atoms with Gasteiger partial charge in [-0.2, -0.15) is 0 Å². The second kappa shape index (κ2) is 7.78. The van der Waals surface area contributed by atoms with E-state index in [4.69, 9.17) is 0 Å². The molecule has 0 aliphatic rings. The molecule has 1 rings (SSSR count). The van der Waals surface area contributed by atoms with Crippen molar-refractivity contribution in [3.05, 3.63) is 29.8 Å². The summed E-state index contributed by atoms with van der Waals surface area (Å²) < 4.78 is 0. The first-order valence-electron chi connectivity index (χ1n) is 6.53. The molecule has 1 N–H and O–H groups in total. The lowest BCUT2D eigenvalue weighted by Crippen LogP contribution is -2.21. The highest BCUT2D eigenvalue weighted by atomic mass is 32.2. The molecule has 0 fully saturated rings. The Morgan fingerprint density at radius 1 is 1.18 bits per heavy atom. The maximum Gasteiger partial charge on any atom is 0.0208 e. The molecule has 2 heteroatoms. The first-order valence-corrected chi connectivity index (χ1v) is 7.51. The molecule has 96 valence electrons. The molecule has 0 saturated carbocycles. The molecular weight excluding hydrogens is 226 g/mol. The van der Waals surface area contributed by atoms with Crippen molar-refractivity contribution in [1.29, 1.82) is 0 Å². The summed E-state index contributed by atoms with van der Waals surface area (Å²) in [6.07, 6.45) is 1.29. The van der Waals surface area contributed by atoms with Crippen LogP contribution in [0.4, 0.5) is 0 Å². The molecule has 0 heterocycles. The topological polar surface area (TPSA) is 12.0 Å². The van der Waals surface area contributed by atoms with Crippen LogP contribution in [0.2, 0.25) is 0 Å². The van der Waals surface area contributed by atoms with Gasteiger partial charge in [0.15, 0.2) is 0 Å². The summed E-state index contributed by atoms with van der Waals surface area (Å²) in [7, 11) is 0. The number of hydrogen-bond acceptors (Lipinski definition) is 2. The summed E-state index contributed by atoms with van der Waals surface area (Å²) in [6, 6.07) is 9.42. The summed E-state index contributed by atoms with van der Waals surface area (Å²) >= 11 is 1.97. The molecule has 1 nitrogen and oxygen atoms in total. The molecule has 0 aliphatic heterocycles. The van der Waals surface area contributed by atoms with Crippen LogP contribution in [0.15, 0.2) is 29.2 Å². The van der Waals surface area contributed by atoms with E-state index in [1.54, 1.807) is 0 Å². The van der Waals surface area contributed by atoms with Gasteiger partial charge in [-0.25, -0.2) is 0 Å². The summed E-state index contributed by atoms with van der Waals surface area (Å²) in [4.78, 5) is 1.40. The number of benzene rings is 1. The SMILES string of the molecule is CC(C)CCSc1cccc(CNC(C)C)c1. The lowest BCUT2D eigenvalue weighted by molar-refractivity contribution is 0.588. The van der Waals surface area contributed by atoms with Crippen LogP contribution >= 0.6 is 11.8 Å². The largest absolute Gasteiger partial charge is 0.310 e. The fourth-order valence-electron chi connectivity index (χ4n) is 1.48. The summed E-state index contributed by atoms with van der Waals surface area (Å²) in [5.41, 5.74) is 1.38. The molecule has 0 bridgehead atoms. The first-order chi connectivity index (χ1) is 8.08. The minimum Gasteiger partial charge on any atom is -0.310 e. The van der Waals surface area contributed by atoms with E-state index in [1.165, 1.54) is 22.6 Å². The van der Waals surface area contributed by atoms with Crippen molar-refractivity contribution in [2.24, 2.45) is 5.92 Å². The predicted octanol–water partition coefficient (Wildman–Crippen LogP) is 4.32. The van der Waals surface area contributed by atoms with E-state index in [-0.39, 0.29) is 0 Å². The van der Waals surface area contributed by atoms with Crippen molar-refractivity contribution in [1.82, 2.24) is 5.32 Å². The van der Waals surface area contributed by atoms with Gasteiger partial charge in [0.2, 0.25) is 0 Å². The zero-order chi connectivity index (χ0) is 12.7. The molecule has 0 unspecified atom stereocenters. The fourth-order valence-corrected chi connectivity index (χ4v) is 2.71. The molecule has 0 atom stereocenters. The molecule has 0 aliphatic carbocycles. The Balaban J connectivity index is 2.42. The quantitative estimate of drug-likeness (QED) is 0.724. The van der Waals surface area contributed by atoms with Crippen molar-refractivity contribution in [3.8, 4) is 0 Å². The van der Waals surface area contributed by atoms with Crippen molar-refractivity contribution in [2.75, 3.05) is 5.75 Å². The molecule has 0 saturated heterocycles. The van der Waals surface area contributed by atoms with Crippen LogP contribution in [-0.2, 0) is 6.54 Å². The molecule has 1 aromatic carbocycles. The smallest absolute Gasteiger partial charge is 0.0208 e. The standard InChI is InChI=1S/C15H25NS/c1-12(2)8-9-17-15-7-5-6-14(10-15)11-16-13(3)4/h5-7,10,12-13,16H,8-9,11H2,1-4H3. The molecular formula is C15H25NS. The summed E-state index contributed by atoms with van der Waals surface area (Å²) in [5, 5.41) is 3.45. The van der Waals surface area contributed by atoms with Gasteiger partial charge in [0.25, 0.3) is 0 Å². The third-order valence-electron chi connectivity index (χ3n) is 2.58. The molecule has 1 aromatic rings. The predicted molar refractivity (Wildman–Crippen MR) is 78.6 cm³/mol.